The molecule has 1 spiro atoms. The van der Waals surface area contributed by atoms with Crippen molar-refractivity contribution in [1.29, 1.82) is 0 Å². The molecule has 0 unspecified atom stereocenters. The van der Waals surface area contributed by atoms with Gasteiger partial charge in [-0.1, -0.05) is 30.3 Å². The minimum Gasteiger partial charge on any atom is -0.445 e. The lowest BCUT2D eigenvalue weighted by molar-refractivity contribution is -0.0407. The molecule has 1 N–H and O–H groups in total. The van der Waals surface area contributed by atoms with Crippen molar-refractivity contribution in [2.24, 2.45) is 11.3 Å². The van der Waals surface area contributed by atoms with Gasteiger partial charge in [0.05, 0.1) is 0 Å². The number of hydrogen-bond acceptors (Lipinski definition) is 5. The molecule has 7 heteroatoms. The highest BCUT2D eigenvalue weighted by atomic mass is 16.6. The van der Waals surface area contributed by atoms with E-state index in [0.717, 1.165) is 70.4 Å². The number of alkyl carbamates (subject to hydrolysis) is 1. The lowest BCUT2D eigenvalue weighted by atomic mass is 9.67. The van der Waals surface area contributed by atoms with E-state index in [4.69, 9.17) is 9.47 Å². The third-order valence-corrected chi connectivity index (χ3v) is 7.15. The molecule has 2 aliphatic heterocycles. The first-order chi connectivity index (χ1) is 15.7. The molecule has 3 aliphatic rings. The molecular formula is C26H39N3O4. The molecule has 1 atom stereocenters. The summed E-state index contributed by atoms with van der Waals surface area (Å²) in [5.41, 5.74) is 0.974. The van der Waals surface area contributed by atoms with E-state index in [1.807, 2.05) is 56.0 Å². The second-order valence-electron chi connectivity index (χ2n) is 11.2. The zero-order valence-electron chi connectivity index (χ0n) is 20.3. The first kappa shape index (κ1) is 23.9. The van der Waals surface area contributed by atoms with E-state index < -0.39 is 5.60 Å². The van der Waals surface area contributed by atoms with Gasteiger partial charge >= 0.3 is 12.2 Å². The SMILES string of the molecule is CC(C)(C)OC(=O)N1CC[C@@H](CN2CC3(CCC(NC(=O)OCc4ccccc4)CC3)C2)C1. The van der Waals surface area contributed by atoms with Crippen molar-refractivity contribution in [2.45, 2.75) is 71.1 Å². The largest absolute Gasteiger partial charge is 0.445 e. The van der Waals surface area contributed by atoms with Crippen LogP contribution in [0.4, 0.5) is 9.59 Å². The van der Waals surface area contributed by atoms with Crippen LogP contribution in [0.1, 0.15) is 58.4 Å². The van der Waals surface area contributed by atoms with Crippen molar-refractivity contribution in [3.8, 4) is 0 Å². The molecule has 182 valence electrons. The Morgan fingerprint density at radius 2 is 1.79 bits per heavy atom. The van der Waals surface area contributed by atoms with Crippen LogP contribution in [-0.4, -0.2) is 66.4 Å². The van der Waals surface area contributed by atoms with Crippen LogP contribution in [0.2, 0.25) is 0 Å². The van der Waals surface area contributed by atoms with Crippen LogP contribution in [0.5, 0.6) is 0 Å². The lowest BCUT2D eigenvalue weighted by Crippen LogP contribution is -2.59. The van der Waals surface area contributed by atoms with Gasteiger partial charge in [0.2, 0.25) is 0 Å². The summed E-state index contributed by atoms with van der Waals surface area (Å²) in [6, 6.07) is 9.98. The van der Waals surface area contributed by atoms with Crippen molar-refractivity contribution >= 4 is 12.2 Å². The van der Waals surface area contributed by atoms with Crippen LogP contribution in [0.3, 0.4) is 0 Å². The molecular weight excluding hydrogens is 418 g/mol. The van der Waals surface area contributed by atoms with Gasteiger partial charge in [0.25, 0.3) is 0 Å². The molecule has 1 aromatic rings. The molecule has 33 heavy (non-hydrogen) atoms. The molecule has 1 saturated carbocycles. The summed E-state index contributed by atoms with van der Waals surface area (Å²) >= 11 is 0. The van der Waals surface area contributed by atoms with Crippen molar-refractivity contribution in [3.63, 3.8) is 0 Å². The highest BCUT2D eigenvalue weighted by molar-refractivity contribution is 5.68. The van der Waals surface area contributed by atoms with E-state index in [2.05, 4.69) is 10.2 Å². The van der Waals surface area contributed by atoms with Gasteiger partial charge in [-0.3, -0.25) is 0 Å². The minimum atomic E-state index is -0.439. The smallest absolute Gasteiger partial charge is 0.410 e. The highest BCUT2D eigenvalue weighted by Crippen LogP contribution is 2.44. The minimum absolute atomic E-state index is 0.182. The van der Waals surface area contributed by atoms with Crippen LogP contribution in [-0.2, 0) is 16.1 Å². The zero-order chi connectivity index (χ0) is 23.5. The van der Waals surface area contributed by atoms with Crippen LogP contribution in [0.25, 0.3) is 0 Å². The predicted octanol–water partition coefficient (Wildman–Crippen LogP) is 4.41. The van der Waals surface area contributed by atoms with Gasteiger partial charge in [-0.15, -0.1) is 0 Å². The number of carbonyl (C=O) groups is 2. The topological polar surface area (TPSA) is 71.1 Å². The van der Waals surface area contributed by atoms with Crippen LogP contribution >= 0.6 is 0 Å². The maximum Gasteiger partial charge on any atom is 0.410 e. The van der Waals surface area contributed by atoms with Crippen molar-refractivity contribution < 1.29 is 19.1 Å². The standard InChI is InChI=1S/C26H39N3O4/c1-25(2,3)33-24(31)29-14-11-21(16-29)15-28-18-26(19-28)12-9-22(10-13-26)27-23(30)32-17-20-7-5-4-6-8-20/h4-8,21-22H,9-19H2,1-3H3,(H,27,30)/t21-/m0/s1. The molecule has 0 bridgehead atoms. The Kier molecular flexibility index (Phi) is 7.17. The van der Waals surface area contributed by atoms with Crippen LogP contribution < -0.4 is 5.32 Å². The first-order valence-corrected chi connectivity index (χ1v) is 12.4. The normalized spacial score (nSPS) is 23.2. The number of nitrogens with one attached hydrogen (secondary N) is 1. The molecule has 3 fully saturated rings. The van der Waals surface area contributed by atoms with E-state index in [-0.39, 0.29) is 18.2 Å². The van der Waals surface area contributed by atoms with Gasteiger partial charge in [-0.2, -0.15) is 0 Å². The monoisotopic (exact) mass is 457 g/mol. The number of carbonyl (C=O) groups excluding carboxylic acids is 2. The summed E-state index contributed by atoms with van der Waals surface area (Å²) in [5.74, 6) is 0.534. The van der Waals surface area contributed by atoms with Crippen LogP contribution in [0, 0.1) is 11.3 Å². The lowest BCUT2D eigenvalue weighted by Gasteiger charge is -2.54. The summed E-state index contributed by atoms with van der Waals surface area (Å²) in [4.78, 5) is 28.8. The number of amides is 2. The van der Waals surface area contributed by atoms with Gasteiger partial charge in [0.1, 0.15) is 12.2 Å². The molecule has 1 aliphatic carbocycles. The van der Waals surface area contributed by atoms with Gasteiger partial charge < -0.3 is 24.6 Å². The average molecular weight is 458 g/mol. The van der Waals surface area contributed by atoms with Gasteiger partial charge in [-0.05, 0) is 69.8 Å². The Morgan fingerprint density at radius 3 is 2.45 bits per heavy atom. The highest BCUT2D eigenvalue weighted by Gasteiger charge is 2.46. The van der Waals surface area contributed by atoms with E-state index in [0.29, 0.717) is 17.9 Å². The fraction of sp³-hybridized carbons (Fsp3) is 0.692. The Hall–Kier alpha value is -2.28. The van der Waals surface area contributed by atoms with Crippen molar-refractivity contribution in [2.75, 3.05) is 32.7 Å². The summed E-state index contributed by atoms with van der Waals surface area (Å²) in [5, 5.41) is 3.05. The number of likely N-dealkylation sites (tertiary alicyclic amines) is 2. The quantitative estimate of drug-likeness (QED) is 0.709. The Morgan fingerprint density at radius 1 is 1.09 bits per heavy atom. The van der Waals surface area contributed by atoms with Gasteiger partial charge in [0.15, 0.2) is 0 Å². The number of rotatable bonds is 5. The molecule has 0 aromatic heterocycles. The van der Waals surface area contributed by atoms with Crippen LogP contribution in [0.15, 0.2) is 30.3 Å². The number of benzene rings is 1. The summed E-state index contributed by atoms with van der Waals surface area (Å²) < 4.78 is 10.9. The molecule has 4 rings (SSSR count). The summed E-state index contributed by atoms with van der Waals surface area (Å²) in [6.07, 6.45) is 4.90. The number of hydrogen-bond donors (Lipinski definition) is 1. The first-order valence-electron chi connectivity index (χ1n) is 12.4. The second-order valence-corrected chi connectivity index (χ2v) is 11.2. The molecule has 7 nitrogen and oxygen atoms in total. The van der Waals surface area contributed by atoms with Gasteiger partial charge in [0, 0.05) is 38.8 Å². The second kappa shape index (κ2) is 9.92. The van der Waals surface area contributed by atoms with E-state index in [1.54, 1.807) is 0 Å². The predicted molar refractivity (Wildman–Crippen MR) is 127 cm³/mol. The third kappa shape index (κ3) is 6.62. The number of ether oxygens (including phenoxy) is 2. The molecule has 2 saturated heterocycles. The maximum absolute atomic E-state index is 12.3. The molecule has 0 radical (unpaired) electrons. The summed E-state index contributed by atoms with van der Waals surface area (Å²) in [7, 11) is 0. The average Bonchev–Trinajstić information content (AvgIpc) is 3.21. The van der Waals surface area contributed by atoms with E-state index in [1.165, 1.54) is 0 Å². The Balaban J connectivity index is 1.11. The zero-order valence-corrected chi connectivity index (χ0v) is 20.3. The Bertz CT molecular complexity index is 807. The van der Waals surface area contributed by atoms with E-state index >= 15 is 0 Å². The molecule has 2 heterocycles. The number of nitrogens with zero attached hydrogens (tertiary/aromatic N) is 2. The molecule has 1 aromatic carbocycles. The summed E-state index contributed by atoms with van der Waals surface area (Å²) in [6.45, 7) is 11.0. The third-order valence-electron chi connectivity index (χ3n) is 7.15. The van der Waals surface area contributed by atoms with Crippen molar-refractivity contribution in [3.05, 3.63) is 35.9 Å². The molecule has 2 amide bonds. The van der Waals surface area contributed by atoms with Crippen molar-refractivity contribution in [1.82, 2.24) is 15.1 Å². The fourth-order valence-electron chi connectivity index (χ4n) is 5.49. The Labute approximate surface area is 197 Å². The maximum atomic E-state index is 12.3. The van der Waals surface area contributed by atoms with Gasteiger partial charge in [-0.25, -0.2) is 9.59 Å². The fourth-order valence-corrected chi connectivity index (χ4v) is 5.49. The van der Waals surface area contributed by atoms with E-state index in [9.17, 15) is 9.59 Å².